The number of methoxy groups -OCH3 is 1. The third kappa shape index (κ3) is 4.22. The molecule has 0 saturated carbocycles. The van der Waals surface area contributed by atoms with E-state index < -0.39 is 5.97 Å². The Balaban J connectivity index is 2.01. The minimum absolute atomic E-state index is 0.0444. The monoisotopic (exact) mass is 321 g/mol. The molecule has 0 unspecified atom stereocenters. The number of anilines is 2. The van der Waals surface area contributed by atoms with Crippen molar-refractivity contribution in [3.8, 4) is 0 Å². The first kappa shape index (κ1) is 15.8. The molecule has 2 rings (SSSR count). The summed E-state index contributed by atoms with van der Waals surface area (Å²) in [5.41, 5.74) is 6.39. The van der Waals surface area contributed by atoms with Crippen LogP contribution >= 0.6 is 11.8 Å². The zero-order valence-corrected chi connectivity index (χ0v) is 12.7. The van der Waals surface area contributed by atoms with Crippen molar-refractivity contribution < 1.29 is 14.3 Å². The molecule has 9 heteroatoms. The first-order valence-corrected chi connectivity index (χ1v) is 7.32. The lowest BCUT2D eigenvalue weighted by Gasteiger charge is -2.08. The van der Waals surface area contributed by atoms with Gasteiger partial charge in [0, 0.05) is 5.69 Å². The quantitative estimate of drug-likeness (QED) is 0.596. The van der Waals surface area contributed by atoms with E-state index in [1.807, 2.05) is 18.2 Å². The van der Waals surface area contributed by atoms with Crippen LogP contribution in [0.5, 0.6) is 0 Å². The number of nitrogens with zero attached hydrogens (tertiary/aromatic N) is 3. The summed E-state index contributed by atoms with van der Waals surface area (Å²) in [6.07, 6.45) is 0. The lowest BCUT2D eigenvalue weighted by atomic mass is 10.3. The van der Waals surface area contributed by atoms with Gasteiger partial charge >= 0.3 is 5.97 Å². The molecule has 1 heterocycles. The Bertz CT molecular complexity index is 659. The number of benzene rings is 1. The van der Waals surface area contributed by atoms with Crippen LogP contribution in [0.1, 0.15) is 0 Å². The Morgan fingerprint density at radius 2 is 2.05 bits per heavy atom. The number of aromatic nitrogens is 3. The summed E-state index contributed by atoms with van der Waals surface area (Å²) in [6.45, 7) is -0.0444. The van der Waals surface area contributed by atoms with Crippen molar-refractivity contribution in [3.05, 3.63) is 30.3 Å². The highest BCUT2D eigenvalue weighted by atomic mass is 32.2. The van der Waals surface area contributed by atoms with Gasteiger partial charge in [-0.05, 0) is 12.1 Å². The van der Waals surface area contributed by atoms with Gasteiger partial charge in [-0.15, -0.1) is 10.2 Å². The second-order valence-corrected chi connectivity index (χ2v) is 5.15. The lowest BCUT2D eigenvalue weighted by Crippen LogP contribution is -2.20. The highest BCUT2D eigenvalue weighted by Crippen LogP contribution is 2.18. The number of hydrogen-bond donors (Lipinski definition) is 2. The Morgan fingerprint density at radius 3 is 2.73 bits per heavy atom. The summed E-state index contributed by atoms with van der Waals surface area (Å²) in [7, 11) is 1.30. The maximum Gasteiger partial charge on any atom is 0.316 e. The molecule has 0 fully saturated rings. The minimum Gasteiger partial charge on any atom is -0.468 e. The third-order valence-electron chi connectivity index (χ3n) is 2.65. The van der Waals surface area contributed by atoms with Crippen molar-refractivity contribution in [1.82, 2.24) is 14.8 Å². The highest BCUT2D eigenvalue weighted by molar-refractivity contribution is 7.99. The van der Waals surface area contributed by atoms with Crippen molar-refractivity contribution in [3.63, 3.8) is 0 Å². The molecule has 1 aromatic carbocycles. The van der Waals surface area contributed by atoms with E-state index in [1.54, 1.807) is 12.1 Å². The van der Waals surface area contributed by atoms with Crippen molar-refractivity contribution >= 4 is 35.3 Å². The normalized spacial score (nSPS) is 10.2. The number of nitrogen functional groups attached to an aromatic ring is 1. The van der Waals surface area contributed by atoms with Crippen LogP contribution in [0, 0.1) is 0 Å². The summed E-state index contributed by atoms with van der Waals surface area (Å²) in [5.74, 6) is -0.491. The van der Waals surface area contributed by atoms with Gasteiger partial charge in [0.15, 0.2) is 5.16 Å². The molecule has 116 valence electrons. The lowest BCUT2D eigenvalue weighted by molar-refractivity contribution is -0.137. The van der Waals surface area contributed by atoms with Gasteiger partial charge in [-0.1, -0.05) is 30.0 Å². The number of carbonyl (C=O) groups excluding carboxylic acids is 2. The van der Waals surface area contributed by atoms with E-state index in [0.29, 0.717) is 10.8 Å². The van der Waals surface area contributed by atoms with Crippen molar-refractivity contribution in [2.24, 2.45) is 0 Å². The van der Waals surface area contributed by atoms with Gasteiger partial charge in [-0.25, -0.2) is 0 Å². The molecule has 0 radical (unpaired) electrons. The molecule has 0 atom stereocenters. The van der Waals surface area contributed by atoms with Crippen LogP contribution in [-0.4, -0.2) is 39.5 Å². The average molecular weight is 321 g/mol. The van der Waals surface area contributed by atoms with Crippen LogP contribution in [0.25, 0.3) is 0 Å². The first-order chi connectivity index (χ1) is 10.6. The molecule has 0 spiro atoms. The van der Waals surface area contributed by atoms with E-state index in [-0.39, 0.29) is 24.2 Å². The number of para-hydroxylation sites is 1. The van der Waals surface area contributed by atoms with E-state index in [1.165, 1.54) is 11.7 Å². The predicted octanol–water partition coefficient (Wildman–Crippen LogP) is 0.764. The number of ether oxygens (including phenoxy) is 1. The average Bonchev–Trinajstić information content (AvgIpc) is 2.86. The maximum atomic E-state index is 12.0. The van der Waals surface area contributed by atoms with Gasteiger partial charge in [0.1, 0.15) is 6.54 Å². The van der Waals surface area contributed by atoms with Crippen LogP contribution in [0.2, 0.25) is 0 Å². The fourth-order valence-electron chi connectivity index (χ4n) is 1.60. The van der Waals surface area contributed by atoms with E-state index >= 15 is 0 Å². The van der Waals surface area contributed by atoms with Crippen LogP contribution in [-0.2, 0) is 20.9 Å². The molecule has 22 heavy (non-hydrogen) atoms. The van der Waals surface area contributed by atoms with Gasteiger partial charge < -0.3 is 15.8 Å². The second kappa shape index (κ2) is 7.46. The van der Waals surface area contributed by atoms with Crippen LogP contribution in [0.15, 0.2) is 35.5 Å². The fraction of sp³-hybridized carbons (Fsp3) is 0.231. The van der Waals surface area contributed by atoms with Gasteiger partial charge in [-0.2, -0.15) is 0 Å². The van der Waals surface area contributed by atoms with Crippen molar-refractivity contribution in [2.45, 2.75) is 11.7 Å². The van der Waals surface area contributed by atoms with Gasteiger partial charge in [-0.3, -0.25) is 14.2 Å². The summed E-state index contributed by atoms with van der Waals surface area (Å²) in [6, 6.07) is 9.05. The molecule has 0 saturated heterocycles. The molecule has 1 amide bonds. The zero-order chi connectivity index (χ0) is 15.9. The summed E-state index contributed by atoms with van der Waals surface area (Å²) in [4.78, 5) is 23.2. The summed E-state index contributed by atoms with van der Waals surface area (Å²) >= 11 is 1.10. The molecule has 0 aliphatic rings. The molecule has 2 aromatic rings. The number of thioether (sulfide) groups is 1. The number of nitrogens with one attached hydrogen (secondary N) is 1. The van der Waals surface area contributed by atoms with Crippen molar-refractivity contribution in [2.75, 3.05) is 23.9 Å². The Hall–Kier alpha value is -2.55. The highest BCUT2D eigenvalue weighted by Gasteiger charge is 2.15. The largest absolute Gasteiger partial charge is 0.468 e. The summed E-state index contributed by atoms with van der Waals surface area (Å²) < 4.78 is 5.99. The molecular weight excluding hydrogens is 306 g/mol. The number of rotatable bonds is 6. The zero-order valence-electron chi connectivity index (χ0n) is 11.9. The number of amides is 1. The van der Waals surface area contributed by atoms with Crippen molar-refractivity contribution in [1.29, 1.82) is 0 Å². The Morgan fingerprint density at radius 1 is 1.32 bits per heavy atom. The molecule has 3 N–H and O–H groups in total. The smallest absolute Gasteiger partial charge is 0.316 e. The molecular formula is C13H15N5O3S. The Labute approximate surface area is 131 Å². The topological polar surface area (TPSA) is 112 Å². The molecule has 8 nitrogen and oxygen atoms in total. The number of nitrogens with two attached hydrogens (primary N) is 1. The minimum atomic E-state index is -0.396. The third-order valence-corrected chi connectivity index (χ3v) is 3.59. The number of esters is 1. The number of carbonyl (C=O) groups is 2. The van der Waals surface area contributed by atoms with Gasteiger partial charge in [0.2, 0.25) is 11.9 Å². The predicted molar refractivity (Wildman–Crippen MR) is 82.2 cm³/mol. The van der Waals surface area contributed by atoms with Crippen LogP contribution < -0.4 is 11.1 Å². The fourth-order valence-corrected chi connectivity index (χ4v) is 2.38. The van der Waals surface area contributed by atoms with Gasteiger partial charge in [0.25, 0.3) is 0 Å². The van der Waals surface area contributed by atoms with Gasteiger partial charge in [0.05, 0.1) is 12.9 Å². The van der Waals surface area contributed by atoms with Crippen LogP contribution in [0.4, 0.5) is 11.6 Å². The number of hydrogen-bond acceptors (Lipinski definition) is 7. The summed E-state index contributed by atoms with van der Waals surface area (Å²) in [5, 5.41) is 10.7. The Kier molecular flexibility index (Phi) is 5.37. The van der Waals surface area contributed by atoms with E-state index in [9.17, 15) is 9.59 Å². The molecule has 0 bridgehead atoms. The standard InChI is InChI=1S/C13H15N5O3S/c1-21-11(20)8-22-13-17-16-12(14)18(13)7-10(19)15-9-5-3-2-4-6-9/h2-6H,7-8H2,1H3,(H2,14,16)(H,15,19). The second-order valence-electron chi connectivity index (χ2n) is 4.21. The maximum absolute atomic E-state index is 12.0. The van der Waals surface area contributed by atoms with E-state index in [4.69, 9.17) is 5.73 Å². The van der Waals surface area contributed by atoms with E-state index in [2.05, 4.69) is 20.3 Å². The molecule has 1 aromatic heterocycles. The van der Waals surface area contributed by atoms with Crippen LogP contribution in [0.3, 0.4) is 0 Å². The SMILES string of the molecule is COC(=O)CSc1nnc(N)n1CC(=O)Nc1ccccc1. The first-order valence-electron chi connectivity index (χ1n) is 6.33. The molecule has 0 aliphatic carbocycles. The molecule has 0 aliphatic heterocycles. The van der Waals surface area contributed by atoms with E-state index in [0.717, 1.165) is 11.8 Å².